The Balaban J connectivity index is 2.97. The van der Waals surface area contributed by atoms with Gasteiger partial charge < -0.3 is 10.5 Å². The molecule has 1 aromatic carbocycles. The van der Waals surface area contributed by atoms with Crippen LogP contribution in [0, 0.1) is 0 Å². The fourth-order valence-corrected chi connectivity index (χ4v) is 1.98. The van der Waals surface area contributed by atoms with Gasteiger partial charge in [-0.1, -0.05) is 37.0 Å². The van der Waals surface area contributed by atoms with E-state index in [1.54, 1.807) is 0 Å². The maximum Gasteiger partial charge on any atom is 0.156 e. The number of hydrogen-bond donors (Lipinski definition) is 1. The first-order valence-electron chi connectivity index (χ1n) is 5.47. The lowest BCUT2D eigenvalue weighted by atomic mass is 10.1. The van der Waals surface area contributed by atoms with E-state index in [1.807, 2.05) is 26.0 Å². The molecule has 1 atom stereocenters. The van der Waals surface area contributed by atoms with Gasteiger partial charge in [-0.2, -0.15) is 0 Å². The Morgan fingerprint density at radius 2 is 1.81 bits per heavy atom. The van der Waals surface area contributed by atoms with Crippen molar-refractivity contribution < 1.29 is 4.74 Å². The highest BCUT2D eigenvalue weighted by Crippen LogP contribution is 2.36. The molecule has 2 nitrogen and oxygen atoms in total. The van der Waals surface area contributed by atoms with E-state index in [-0.39, 0.29) is 6.04 Å². The van der Waals surface area contributed by atoms with Crippen molar-refractivity contribution in [3.05, 3.63) is 27.7 Å². The standard InChI is InChI=1S/C12H17Cl2NO/c1-3-5-16-12-9(13)6-8(7-10(12)14)11(15)4-2/h6-7,11H,3-5,15H2,1-2H3. The van der Waals surface area contributed by atoms with Gasteiger partial charge in [-0.15, -0.1) is 0 Å². The van der Waals surface area contributed by atoms with Crippen molar-refractivity contribution in [3.63, 3.8) is 0 Å². The van der Waals surface area contributed by atoms with Gasteiger partial charge in [0.2, 0.25) is 0 Å². The Hall–Kier alpha value is -0.440. The molecular weight excluding hydrogens is 245 g/mol. The first-order chi connectivity index (χ1) is 7.60. The fraction of sp³-hybridized carbons (Fsp3) is 0.500. The maximum absolute atomic E-state index is 6.11. The molecule has 0 amide bonds. The average molecular weight is 262 g/mol. The summed E-state index contributed by atoms with van der Waals surface area (Å²) in [6.45, 7) is 4.66. The van der Waals surface area contributed by atoms with Gasteiger partial charge in [0.05, 0.1) is 16.7 Å². The van der Waals surface area contributed by atoms with Gasteiger partial charge in [-0.25, -0.2) is 0 Å². The Labute approximate surface area is 107 Å². The zero-order chi connectivity index (χ0) is 12.1. The lowest BCUT2D eigenvalue weighted by Crippen LogP contribution is -2.09. The SMILES string of the molecule is CCCOc1c(Cl)cc(C(N)CC)cc1Cl. The normalized spacial score (nSPS) is 12.6. The minimum absolute atomic E-state index is 0.0322. The van der Waals surface area contributed by atoms with E-state index < -0.39 is 0 Å². The van der Waals surface area contributed by atoms with Gasteiger partial charge in [-0.05, 0) is 30.5 Å². The second-order valence-corrected chi connectivity index (χ2v) is 4.49. The Morgan fingerprint density at radius 3 is 2.25 bits per heavy atom. The minimum Gasteiger partial charge on any atom is -0.490 e. The molecule has 90 valence electrons. The molecule has 0 saturated carbocycles. The molecular formula is C12H17Cl2NO. The van der Waals surface area contributed by atoms with Crippen LogP contribution < -0.4 is 10.5 Å². The molecule has 0 fully saturated rings. The third-order valence-electron chi connectivity index (χ3n) is 2.34. The van der Waals surface area contributed by atoms with Crippen LogP contribution in [0.2, 0.25) is 10.0 Å². The van der Waals surface area contributed by atoms with E-state index in [1.165, 1.54) is 0 Å². The molecule has 0 bridgehead atoms. The van der Waals surface area contributed by atoms with Gasteiger partial charge in [0.25, 0.3) is 0 Å². The first-order valence-corrected chi connectivity index (χ1v) is 6.23. The molecule has 0 saturated heterocycles. The molecule has 0 aliphatic carbocycles. The summed E-state index contributed by atoms with van der Waals surface area (Å²) < 4.78 is 5.48. The quantitative estimate of drug-likeness (QED) is 0.863. The lowest BCUT2D eigenvalue weighted by molar-refractivity contribution is 0.317. The molecule has 16 heavy (non-hydrogen) atoms. The number of rotatable bonds is 5. The zero-order valence-electron chi connectivity index (χ0n) is 9.59. The second kappa shape index (κ2) is 6.33. The summed E-state index contributed by atoms with van der Waals surface area (Å²) in [5.41, 5.74) is 6.87. The van der Waals surface area contributed by atoms with Crippen molar-refractivity contribution in [2.45, 2.75) is 32.7 Å². The summed E-state index contributed by atoms with van der Waals surface area (Å²) in [4.78, 5) is 0. The largest absolute Gasteiger partial charge is 0.490 e. The van der Waals surface area contributed by atoms with Crippen LogP contribution in [-0.4, -0.2) is 6.61 Å². The fourth-order valence-electron chi connectivity index (χ4n) is 1.37. The highest BCUT2D eigenvalue weighted by Gasteiger charge is 2.12. The lowest BCUT2D eigenvalue weighted by Gasteiger charge is -2.14. The predicted molar refractivity (Wildman–Crippen MR) is 69.5 cm³/mol. The molecule has 0 heterocycles. The predicted octanol–water partition coefficient (Wildman–Crippen LogP) is 4.19. The number of ether oxygens (including phenoxy) is 1. The molecule has 0 aliphatic rings. The third kappa shape index (κ3) is 3.27. The molecule has 0 spiro atoms. The van der Waals surface area contributed by atoms with Crippen molar-refractivity contribution in [3.8, 4) is 5.75 Å². The average Bonchev–Trinajstić information content (AvgIpc) is 2.26. The van der Waals surface area contributed by atoms with Crippen molar-refractivity contribution in [2.24, 2.45) is 5.73 Å². The molecule has 4 heteroatoms. The van der Waals surface area contributed by atoms with Gasteiger partial charge in [0.1, 0.15) is 0 Å². The first kappa shape index (κ1) is 13.6. The van der Waals surface area contributed by atoms with Crippen molar-refractivity contribution in [1.82, 2.24) is 0 Å². The van der Waals surface area contributed by atoms with Gasteiger partial charge >= 0.3 is 0 Å². The summed E-state index contributed by atoms with van der Waals surface area (Å²) in [5.74, 6) is 0.553. The highest BCUT2D eigenvalue weighted by molar-refractivity contribution is 6.37. The van der Waals surface area contributed by atoms with Crippen LogP contribution in [-0.2, 0) is 0 Å². The molecule has 0 aliphatic heterocycles. The van der Waals surface area contributed by atoms with E-state index in [2.05, 4.69) is 0 Å². The third-order valence-corrected chi connectivity index (χ3v) is 2.90. The van der Waals surface area contributed by atoms with Crippen LogP contribution >= 0.6 is 23.2 Å². The smallest absolute Gasteiger partial charge is 0.156 e. The van der Waals surface area contributed by atoms with Gasteiger partial charge in [0.15, 0.2) is 5.75 Å². The van der Waals surface area contributed by atoms with E-state index >= 15 is 0 Å². The zero-order valence-corrected chi connectivity index (χ0v) is 11.1. The molecule has 0 aromatic heterocycles. The summed E-state index contributed by atoms with van der Waals surface area (Å²) in [5, 5.41) is 1.06. The molecule has 1 aromatic rings. The summed E-state index contributed by atoms with van der Waals surface area (Å²) >= 11 is 12.2. The monoisotopic (exact) mass is 261 g/mol. The van der Waals surface area contributed by atoms with Crippen LogP contribution in [0.4, 0.5) is 0 Å². The second-order valence-electron chi connectivity index (χ2n) is 3.68. The number of nitrogens with two attached hydrogens (primary N) is 1. The van der Waals surface area contributed by atoms with Gasteiger partial charge in [-0.3, -0.25) is 0 Å². The molecule has 0 radical (unpaired) electrons. The van der Waals surface area contributed by atoms with Crippen LogP contribution in [0.25, 0.3) is 0 Å². The van der Waals surface area contributed by atoms with E-state index in [9.17, 15) is 0 Å². The molecule has 2 N–H and O–H groups in total. The Bertz CT molecular complexity index is 332. The number of hydrogen-bond acceptors (Lipinski definition) is 2. The summed E-state index contributed by atoms with van der Waals surface area (Å²) in [6, 6.07) is 3.62. The Morgan fingerprint density at radius 1 is 1.25 bits per heavy atom. The minimum atomic E-state index is -0.0322. The summed E-state index contributed by atoms with van der Waals surface area (Å²) in [6.07, 6.45) is 1.77. The van der Waals surface area contributed by atoms with Crippen LogP contribution in [0.1, 0.15) is 38.3 Å². The van der Waals surface area contributed by atoms with E-state index in [0.29, 0.717) is 22.4 Å². The van der Waals surface area contributed by atoms with Crippen molar-refractivity contribution in [2.75, 3.05) is 6.61 Å². The molecule has 1 rings (SSSR count). The van der Waals surface area contributed by atoms with E-state index in [0.717, 1.165) is 18.4 Å². The topological polar surface area (TPSA) is 35.2 Å². The van der Waals surface area contributed by atoms with Crippen LogP contribution in [0.3, 0.4) is 0 Å². The van der Waals surface area contributed by atoms with Crippen LogP contribution in [0.15, 0.2) is 12.1 Å². The Kier molecular flexibility index (Phi) is 5.39. The van der Waals surface area contributed by atoms with Crippen LogP contribution in [0.5, 0.6) is 5.75 Å². The van der Waals surface area contributed by atoms with Crippen molar-refractivity contribution >= 4 is 23.2 Å². The molecule has 1 unspecified atom stereocenters. The maximum atomic E-state index is 6.11. The van der Waals surface area contributed by atoms with Gasteiger partial charge in [0, 0.05) is 6.04 Å². The summed E-state index contributed by atoms with van der Waals surface area (Å²) in [7, 11) is 0. The van der Waals surface area contributed by atoms with E-state index in [4.69, 9.17) is 33.7 Å². The van der Waals surface area contributed by atoms with Crippen molar-refractivity contribution in [1.29, 1.82) is 0 Å². The highest BCUT2D eigenvalue weighted by atomic mass is 35.5. The number of halogens is 2. The number of benzene rings is 1.